The van der Waals surface area contributed by atoms with Crippen LogP contribution < -0.4 is 0 Å². The van der Waals surface area contributed by atoms with Gasteiger partial charge in [-0.1, -0.05) is 0 Å². The van der Waals surface area contributed by atoms with E-state index >= 15 is 0 Å². The molecule has 0 fully saturated rings. The Morgan fingerprint density at radius 2 is 1.00 bits per heavy atom. The number of aliphatic hydroxyl groups excluding tert-OH is 2. The molecule has 5 N–H and O–H groups in total. The summed E-state index contributed by atoms with van der Waals surface area (Å²) in [6.45, 7) is 1.73. The van der Waals surface area contributed by atoms with Crippen LogP contribution in [0.4, 0.5) is 0 Å². The Labute approximate surface area is 111 Å². The molecule has 0 aromatic heterocycles. The van der Waals surface area contributed by atoms with Crippen molar-refractivity contribution in [2.45, 2.75) is 0 Å². The molecule has 0 radical (unpaired) electrons. The molecule has 0 unspecified atom stereocenters. The van der Waals surface area contributed by atoms with E-state index in [1.54, 1.807) is 0 Å². The molecule has 0 atom stereocenters. The summed E-state index contributed by atoms with van der Waals surface area (Å²) in [5, 5.41) is 38.0. The van der Waals surface area contributed by atoms with Crippen LogP contribution in [0.3, 0.4) is 0 Å². The third-order valence-corrected chi connectivity index (χ3v) is 0.843. The van der Waals surface area contributed by atoms with Gasteiger partial charge in [-0.2, -0.15) is 0 Å². The summed E-state index contributed by atoms with van der Waals surface area (Å²) in [5.41, 5.74) is 0. The fourth-order valence-corrected chi connectivity index (χ4v) is 0.451. The first kappa shape index (κ1) is 21.1. The van der Waals surface area contributed by atoms with Crippen LogP contribution in [-0.2, 0) is 9.47 Å². The minimum atomic E-state index is -2.17. The van der Waals surface area contributed by atoms with E-state index < -0.39 is 7.32 Å². The molecule has 0 aromatic rings. The second kappa shape index (κ2) is 20.2. The van der Waals surface area contributed by atoms with Crippen molar-refractivity contribution < 1.29 is 34.8 Å². The summed E-state index contributed by atoms with van der Waals surface area (Å²) in [6, 6.07) is 0. The Hall–Kier alpha value is 0.785. The second-order valence-corrected chi connectivity index (χ2v) is 2.02. The van der Waals surface area contributed by atoms with Crippen LogP contribution in [0.25, 0.3) is 0 Å². The van der Waals surface area contributed by atoms with Crippen LogP contribution in [0.5, 0.6) is 0 Å². The van der Waals surface area contributed by atoms with Crippen molar-refractivity contribution in [3.05, 3.63) is 0 Å². The standard InChI is InChI=1S/C6H14O4.BH3O3.Na.H/c7-1-3-9-5-6-10-4-2-8;2-1(3)4;;/h7-8H,1-6H2;2-4H;;. The van der Waals surface area contributed by atoms with Crippen LogP contribution in [-0.4, -0.2) is 102 Å². The monoisotopic (exact) mass is 236 g/mol. The van der Waals surface area contributed by atoms with Crippen molar-refractivity contribution in [1.82, 2.24) is 0 Å². The molecule has 0 saturated heterocycles. The second-order valence-electron chi connectivity index (χ2n) is 2.02. The first-order valence-corrected chi connectivity index (χ1v) is 4.06. The molecular formula is C6H18BNaO7. The van der Waals surface area contributed by atoms with E-state index in [1.165, 1.54) is 0 Å². The average Bonchev–Trinajstić information content (AvgIpc) is 2.10. The number of aliphatic hydroxyl groups is 2. The SMILES string of the molecule is OB(O)O.OCCOCCOCCO.[NaH]. The van der Waals surface area contributed by atoms with Gasteiger partial charge in [0.2, 0.25) is 0 Å². The van der Waals surface area contributed by atoms with E-state index in [4.69, 9.17) is 34.8 Å². The van der Waals surface area contributed by atoms with E-state index in [0.29, 0.717) is 26.4 Å². The van der Waals surface area contributed by atoms with Gasteiger partial charge in [0.1, 0.15) is 0 Å². The molecule has 0 aromatic carbocycles. The van der Waals surface area contributed by atoms with Gasteiger partial charge in [-0.05, 0) is 0 Å². The zero-order chi connectivity index (χ0) is 11.2. The quantitative estimate of drug-likeness (QED) is 0.228. The summed E-state index contributed by atoms with van der Waals surface area (Å²) in [5.74, 6) is 0. The normalized spacial score (nSPS) is 8.60. The Morgan fingerprint density at radius 1 is 0.733 bits per heavy atom. The maximum atomic E-state index is 8.26. The Morgan fingerprint density at radius 3 is 1.20 bits per heavy atom. The Kier molecular flexibility index (Phi) is 28.5. The number of hydrogen-bond donors (Lipinski definition) is 5. The van der Waals surface area contributed by atoms with E-state index in [0.717, 1.165) is 0 Å². The minimum absolute atomic E-state index is 0. The van der Waals surface area contributed by atoms with Gasteiger partial charge in [0.15, 0.2) is 0 Å². The fourth-order valence-electron chi connectivity index (χ4n) is 0.451. The summed E-state index contributed by atoms with van der Waals surface area (Å²) >= 11 is 0. The van der Waals surface area contributed by atoms with Gasteiger partial charge in [-0.15, -0.1) is 0 Å². The maximum absolute atomic E-state index is 8.26. The van der Waals surface area contributed by atoms with Gasteiger partial charge < -0.3 is 34.8 Å². The van der Waals surface area contributed by atoms with Gasteiger partial charge in [-0.25, -0.2) is 0 Å². The van der Waals surface area contributed by atoms with E-state index in [2.05, 4.69) is 0 Å². The van der Waals surface area contributed by atoms with Gasteiger partial charge >= 0.3 is 36.9 Å². The molecule has 0 spiro atoms. The molecule has 0 bridgehead atoms. The molecule has 7 nitrogen and oxygen atoms in total. The number of hydrogen-bond acceptors (Lipinski definition) is 7. The summed E-state index contributed by atoms with van der Waals surface area (Å²) in [6.07, 6.45) is 0. The van der Waals surface area contributed by atoms with E-state index in [1.807, 2.05) is 0 Å². The molecule has 88 valence electrons. The molecule has 0 rings (SSSR count). The molecular weight excluding hydrogens is 218 g/mol. The van der Waals surface area contributed by atoms with Crippen molar-refractivity contribution in [3.8, 4) is 0 Å². The molecule has 0 saturated carbocycles. The predicted octanol–water partition coefficient (Wildman–Crippen LogP) is -3.70. The van der Waals surface area contributed by atoms with Gasteiger partial charge in [0, 0.05) is 0 Å². The molecule has 9 heteroatoms. The van der Waals surface area contributed by atoms with Crippen molar-refractivity contribution >= 4 is 36.9 Å². The first-order chi connectivity index (χ1) is 6.65. The molecule has 0 aliphatic rings. The summed E-state index contributed by atoms with van der Waals surface area (Å²) < 4.78 is 9.75. The van der Waals surface area contributed by atoms with Crippen LogP contribution in [0, 0.1) is 0 Å². The molecule has 15 heavy (non-hydrogen) atoms. The zero-order valence-corrected chi connectivity index (χ0v) is 7.87. The van der Waals surface area contributed by atoms with E-state index in [9.17, 15) is 0 Å². The molecule has 0 aliphatic heterocycles. The van der Waals surface area contributed by atoms with Crippen molar-refractivity contribution in [2.75, 3.05) is 39.6 Å². The van der Waals surface area contributed by atoms with Crippen LogP contribution in [0.1, 0.15) is 0 Å². The first-order valence-electron chi connectivity index (χ1n) is 4.06. The van der Waals surface area contributed by atoms with Crippen molar-refractivity contribution in [1.29, 1.82) is 0 Å². The van der Waals surface area contributed by atoms with Gasteiger partial charge in [-0.3, -0.25) is 0 Å². The third kappa shape index (κ3) is 39.9. The zero-order valence-electron chi connectivity index (χ0n) is 7.87. The Balaban J connectivity index is -0.000000249. The average molecular weight is 236 g/mol. The van der Waals surface area contributed by atoms with Gasteiger partial charge in [0.25, 0.3) is 0 Å². The topological polar surface area (TPSA) is 120 Å². The van der Waals surface area contributed by atoms with Crippen molar-refractivity contribution in [3.63, 3.8) is 0 Å². The van der Waals surface area contributed by atoms with Crippen molar-refractivity contribution in [2.24, 2.45) is 0 Å². The molecule has 0 heterocycles. The molecule has 0 amide bonds. The summed E-state index contributed by atoms with van der Waals surface area (Å²) in [7, 11) is -2.17. The predicted molar refractivity (Wildman–Crippen MR) is 55.4 cm³/mol. The van der Waals surface area contributed by atoms with Gasteiger partial charge in [0.05, 0.1) is 39.6 Å². The van der Waals surface area contributed by atoms with Crippen LogP contribution in [0.15, 0.2) is 0 Å². The summed E-state index contributed by atoms with van der Waals surface area (Å²) in [4.78, 5) is 0. The molecule has 0 aliphatic carbocycles. The fraction of sp³-hybridized carbons (Fsp3) is 1.00. The van der Waals surface area contributed by atoms with Crippen LogP contribution >= 0.6 is 0 Å². The number of rotatable bonds is 7. The van der Waals surface area contributed by atoms with E-state index in [-0.39, 0.29) is 42.8 Å². The Bertz CT molecular complexity index is 86.8. The third-order valence-electron chi connectivity index (χ3n) is 0.843. The number of ether oxygens (including phenoxy) is 2. The van der Waals surface area contributed by atoms with Crippen LogP contribution in [0.2, 0.25) is 0 Å².